The van der Waals surface area contributed by atoms with Crippen LogP contribution >= 0.6 is 0 Å². The SMILES string of the molecule is CC1CCN(CCC2CCCC2=O)CC1O. The van der Waals surface area contributed by atoms with E-state index in [1.54, 1.807) is 0 Å². The molecule has 1 aliphatic heterocycles. The summed E-state index contributed by atoms with van der Waals surface area (Å²) in [6.45, 7) is 4.98. The molecular weight excluding hydrogens is 202 g/mol. The summed E-state index contributed by atoms with van der Waals surface area (Å²) in [4.78, 5) is 13.8. The van der Waals surface area contributed by atoms with Crippen LogP contribution < -0.4 is 0 Å². The fourth-order valence-corrected chi connectivity index (χ4v) is 2.85. The van der Waals surface area contributed by atoms with E-state index in [1.807, 2.05) is 0 Å². The third-order valence-corrected chi connectivity index (χ3v) is 4.23. The van der Waals surface area contributed by atoms with Crippen LogP contribution in [0.5, 0.6) is 0 Å². The van der Waals surface area contributed by atoms with Gasteiger partial charge in [-0.3, -0.25) is 4.79 Å². The first kappa shape index (κ1) is 12.1. The molecule has 0 spiro atoms. The lowest BCUT2D eigenvalue weighted by Gasteiger charge is -2.34. The highest BCUT2D eigenvalue weighted by Crippen LogP contribution is 2.25. The zero-order valence-electron chi connectivity index (χ0n) is 10.2. The van der Waals surface area contributed by atoms with Crippen LogP contribution in [0.4, 0.5) is 0 Å². The van der Waals surface area contributed by atoms with Crippen molar-refractivity contribution < 1.29 is 9.90 Å². The molecule has 0 bridgehead atoms. The Morgan fingerprint density at radius 3 is 2.88 bits per heavy atom. The number of hydrogen-bond donors (Lipinski definition) is 1. The second kappa shape index (κ2) is 5.28. The van der Waals surface area contributed by atoms with Crippen LogP contribution in [-0.2, 0) is 4.79 Å². The Kier molecular flexibility index (Phi) is 3.98. The minimum Gasteiger partial charge on any atom is -0.392 e. The molecule has 3 atom stereocenters. The van der Waals surface area contributed by atoms with E-state index in [2.05, 4.69) is 11.8 Å². The van der Waals surface area contributed by atoms with Crippen molar-refractivity contribution in [2.45, 2.75) is 45.1 Å². The summed E-state index contributed by atoms with van der Waals surface area (Å²) in [5, 5.41) is 9.78. The summed E-state index contributed by atoms with van der Waals surface area (Å²) in [7, 11) is 0. The number of aliphatic hydroxyl groups is 1. The monoisotopic (exact) mass is 225 g/mol. The molecule has 0 aromatic rings. The standard InChI is InChI=1S/C13H23NO2/c1-10-5-7-14(9-13(10)16)8-6-11-3-2-4-12(11)15/h10-11,13,16H,2-9H2,1H3. The van der Waals surface area contributed by atoms with Gasteiger partial charge in [-0.05, 0) is 44.7 Å². The Morgan fingerprint density at radius 1 is 1.44 bits per heavy atom. The van der Waals surface area contributed by atoms with Crippen molar-refractivity contribution in [3.05, 3.63) is 0 Å². The maximum absolute atomic E-state index is 11.5. The van der Waals surface area contributed by atoms with Gasteiger partial charge < -0.3 is 10.0 Å². The fourth-order valence-electron chi connectivity index (χ4n) is 2.85. The van der Waals surface area contributed by atoms with Crippen LogP contribution in [0.1, 0.15) is 39.0 Å². The van der Waals surface area contributed by atoms with Gasteiger partial charge in [0.2, 0.25) is 0 Å². The maximum atomic E-state index is 11.5. The second-order valence-electron chi connectivity index (χ2n) is 5.48. The Balaban J connectivity index is 1.72. The van der Waals surface area contributed by atoms with Gasteiger partial charge in [0.25, 0.3) is 0 Å². The van der Waals surface area contributed by atoms with E-state index in [-0.39, 0.29) is 6.10 Å². The highest BCUT2D eigenvalue weighted by Gasteiger charge is 2.27. The van der Waals surface area contributed by atoms with Crippen molar-refractivity contribution in [1.82, 2.24) is 4.90 Å². The van der Waals surface area contributed by atoms with Crippen LogP contribution in [0.2, 0.25) is 0 Å². The van der Waals surface area contributed by atoms with Gasteiger partial charge in [0.1, 0.15) is 5.78 Å². The third-order valence-electron chi connectivity index (χ3n) is 4.23. The Hall–Kier alpha value is -0.410. The van der Waals surface area contributed by atoms with Gasteiger partial charge in [-0.1, -0.05) is 6.92 Å². The molecule has 1 aliphatic carbocycles. The Morgan fingerprint density at radius 2 is 2.25 bits per heavy atom. The molecule has 92 valence electrons. The number of piperidine rings is 1. The van der Waals surface area contributed by atoms with E-state index in [0.717, 1.165) is 51.7 Å². The number of β-amino-alcohol motifs (C(OH)–C–C–N with tert-alkyl or cyclic N) is 1. The second-order valence-corrected chi connectivity index (χ2v) is 5.48. The van der Waals surface area contributed by atoms with Gasteiger partial charge in [-0.15, -0.1) is 0 Å². The van der Waals surface area contributed by atoms with Gasteiger partial charge in [-0.2, -0.15) is 0 Å². The van der Waals surface area contributed by atoms with Crippen molar-refractivity contribution in [1.29, 1.82) is 0 Å². The van der Waals surface area contributed by atoms with Crippen LogP contribution in [-0.4, -0.2) is 41.5 Å². The van der Waals surface area contributed by atoms with Gasteiger partial charge in [0.05, 0.1) is 6.10 Å². The molecule has 16 heavy (non-hydrogen) atoms. The zero-order valence-corrected chi connectivity index (χ0v) is 10.2. The molecule has 0 aromatic carbocycles. The topological polar surface area (TPSA) is 40.5 Å². The summed E-state index contributed by atoms with van der Waals surface area (Å²) < 4.78 is 0. The molecule has 3 nitrogen and oxygen atoms in total. The molecule has 1 saturated carbocycles. The number of rotatable bonds is 3. The average molecular weight is 225 g/mol. The van der Waals surface area contributed by atoms with Gasteiger partial charge in [0.15, 0.2) is 0 Å². The van der Waals surface area contributed by atoms with E-state index >= 15 is 0 Å². The molecule has 0 aromatic heterocycles. The van der Waals surface area contributed by atoms with Crippen molar-refractivity contribution in [2.75, 3.05) is 19.6 Å². The van der Waals surface area contributed by atoms with Crippen LogP contribution in [0.3, 0.4) is 0 Å². The molecule has 1 N–H and O–H groups in total. The number of likely N-dealkylation sites (tertiary alicyclic amines) is 1. The number of Topliss-reactive ketones (excluding diaryl/α,β-unsaturated/α-hetero) is 1. The van der Waals surface area contributed by atoms with Crippen LogP contribution in [0.15, 0.2) is 0 Å². The summed E-state index contributed by atoms with van der Waals surface area (Å²) in [5.41, 5.74) is 0. The van der Waals surface area contributed by atoms with Crippen LogP contribution in [0, 0.1) is 11.8 Å². The maximum Gasteiger partial charge on any atom is 0.136 e. The molecule has 2 aliphatic rings. The molecule has 1 heterocycles. The first-order chi connectivity index (χ1) is 7.66. The lowest BCUT2D eigenvalue weighted by Crippen LogP contribution is -2.43. The molecule has 0 amide bonds. The number of aliphatic hydroxyl groups excluding tert-OH is 1. The first-order valence-electron chi connectivity index (χ1n) is 6.60. The highest BCUT2D eigenvalue weighted by molar-refractivity contribution is 5.82. The molecular formula is C13H23NO2. The average Bonchev–Trinajstić information content (AvgIpc) is 2.66. The summed E-state index contributed by atoms with van der Waals surface area (Å²) in [6.07, 6.45) is 4.88. The normalized spacial score (nSPS) is 36.9. The fraction of sp³-hybridized carbons (Fsp3) is 0.923. The predicted molar refractivity (Wildman–Crippen MR) is 63.2 cm³/mol. The summed E-state index contributed by atoms with van der Waals surface area (Å²) in [5.74, 6) is 1.21. The largest absolute Gasteiger partial charge is 0.392 e. The molecule has 3 heteroatoms. The lowest BCUT2D eigenvalue weighted by molar-refractivity contribution is -0.120. The van der Waals surface area contributed by atoms with Crippen molar-refractivity contribution in [3.8, 4) is 0 Å². The van der Waals surface area contributed by atoms with Crippen molar-refractivity contribution in [3.63, 3.8) is 0 Å². The van der Waals surface area contributed by atoms with Gasteiger partial charge >= 0.3 is 0 Å². The van der Waals surface area contributed by atoms with Crippen LogP contribution in [0.25, 0.3) is 0 Å². The molecule has 0 radical (unpaired) electrons. The number of carbonyl (C=O) groups excluding carboxylic acids is 1. The third kappa shape index (κ3) is 2.83. The smallest absolute Gasteiger partial charge is 0.136 e. The minimum absolute atomic E-state index is 0.173. The highest BCUT2D eigenvalue weighted by atomic mass is 16.3. The lowest BCUT2D eigenvalue weighted by atomic mass is 9.95. The Bertz CT molecular complexity index is 254. The van der Waals surface area contributed by atoms with Crippen molar-refractivity contribution >= 4 is 5.78 Å². The number of nitrogens with zero attached hydrogens (tertiary/aromatic N) is 1. The minimum atomic E-state index is -0.173. The number of hydrogen-bond acceptors (Lipinski definition) is 3. The molecule has 2 rings (SSSR count). The number of carbonyl (C=O) groups is 1. The summed E-state index contributed by atoms with van der Waals surface area (Å²) in [6, 6.07) is 0. The van der Waals surface area contributed by atoms with E-state index in [0.29, 0.717) is 17.6 Å². The predicted octanol–water partition coefficient (Wildman–Crippen LogP) is 1.45. The van der Waals surface area contributed by atoms with E-state index < -0.39 is 0 Å². The van der Waals surface area contributed by atoms with E-state index in [9.17, 15) is 9.90 Å². The molecule has 1 saturated heterocycles. The first-order valence-corrected chi connectivity index (χ1v) is 6.60. The molecule has 3 unspecified atom stereocenters. The van der Waals surface area contributed by atoms with Gasteiger partial charge in [0, 0.05) is 18.9 Å². The molecule has 2 fully saturated rings. The number of ketones is 1. The van der Waals surface area contributed by atoms with E-state index in [4.69, 9.17) is 0 Å². The quantitative estimate of drug-likeness (QED) is 0.790. The Labute approximate surface area is 97.8 Å². The van der Waals surface area contributed by atoms with Crippen molar-refractivity contribution in [2.24, 2.45) is 11.8 Å². The van der Waals surface area contributed by atoms with E-state index in [1.165, 1.54) is 0 Å². The summed E-state index contributed by atoms with van der Waals surface area (Å²) >= 11 is 0. The van der Waals surface area contributed by atoms with Gasteiger partial charge in [-0.25, -0.2) is 0 Å². The zero-order chi connectivity index (χ0) is 11.5.